The van der Waals surface area contributed by atoms with Crippen LogP contribution >= 0.6 is 12.2 Å². The molecule has 3 rings (SSSR count). The fourth-order valence-electron chi connectivity index (χ4n) is 3.35. The molecule has 1 amide bonds. The lowest BCUT2D eigenvalue weighted by Gasteiger charge is -2.12. The lowest BCUT2D eigenvalue weighted by Crippen LogP contribution is -2.34. The summed E-state index contributed by atoms with van der Waals surface area (Å²) in [7, 11) is 0. The standard InChI is InChI=1S/C28H32N2O3S/c1-2-3-4-8-19-32-26-13-9-12-24(21-26)29-28(34)30-27(31)23-14-16-25(17-15-23)33-20-18-22-10-6-5-7-11-22/h5-7,9-17,21H,2-4,8,18-20H2,1H3,(H2,29,30,31,34). The Morgan fingerprint density at radius 3 is 2.35 bits per heavy atom. The first kappa shape index (κ1) is 25.2. The predicted molar refractivity (Wildman–Crippen MR) is 142 cm³/mol. The summed E-state index contributed by atoms with van der Waals surface area (Å²) in [6, 6.07) is 24.8. The van der Waals surface area contributed by atoms with Crippen molar-refractivity contribution in [3.63, 3.8) is 0 Å². The van der Waals surface area contributed by atoms with Gasteiger partial charge in [-0.2, -0.15) is 0 Å². The van der Waals surface area contributed by atoms with Gasteiger partial charge in [0, 0.05) is 23.7 Å². The van der Waals surface area contributed by atoms with E-state index in [-0.39, 0.29) is 11.0 Å². The maximum atomic E-state index is 12.5. The Bertz CT molecular complexity index is 1040. The van der Waals surface area contributed by atoms with Crippen molar-refractivity contribution in [3.8, 4) is 11.5 Å². The molecule has 0 radical (unpaired) electrons. The van der Waals surface area contributed by atoms with Crippen molar-refractivity contribution < 1.29 is 14.3 Å². The summed E-state index contributed by atoms with van der Waals surface area (Å²) in [4.78, 5) is 12.5. The highest BCUT2D eigenvalue weighted by Crippen LogP contribution is 2.18. The molecule has 0 aliphatic heterocycles. The molecule has 0 bridgehead atoms. The maximum absolute atomic E-state index is 12.5. The van der Waals surface area contributed by atoms with Gasteiger partial charge >= 0.3 is 0 Å². The van der Waals surface area contributed by atoms with Gasteiger partial charge in [-0.05, 0) is 60.6 Å². The van der Waals surface area contributed by atoms with Crippen molar-refractivity contribution in [3.05, 3.63) is 90.0 Å². The zero-order chi connectivity index (χ0) is 24.0. The lowest BCUT2D eigenvalue weighted by molar-refractivity contribution is 0.0977. The van der Waals surface area contributed by atoms with Gasteiger partial charge in [0.25, 0.3) is 5.91 Å². The van der Waals surface area contributed by atoms with Crippen LogP contribution in [-0.2, 0) is 6.42 Å². The lowest BCUT2D eigenvalue weighted by atomic mass is 10.2. The van der Waals surface area contributed by atoms with Crippen LogP contribution in [0.3, 0.4) is 0 Å². The molecule has 0 saturated carbocycles. The molecule has 34 heavy (non-hydrogen) atoms. The molecule has 3 aromatic rings. The van der Waals surface area contributed by atoms with E-state index in [1.54, 1.807) is 24.3 Å². The van der Waals surface area contributed by atoms with Gasteiger partial charge in [0.2, 0.25) is 0 Å². The van der Waals surface area contributed by atoms with E-state index < -0.39 is 0 Å². The molecule has 0 saturated heterocycles. The SMILES string of the molecule is CCCCCCOc1cccc(NC(=S)NC(=O)c2ccc(OCCc3ccccc3)cc2)c1. The van der Waals surface area contributed by atoms with Gasteiger partial charge in [0.05, 0.1) is 13.2 Å². The summed E-state index contributed by atoms with van der Waals surface area (Å²) in [6.07, 6.45) is 5.47. The van der Waals surface area contributed by atoms with Crippen LogP contribution < -0.4 is 20.1 Å². The van der Waals surface area contributed by atoms with Gasteiger partial charge in [0.1, 0.15) is 11.5 Å². The van der Waals surface area contributed by atoms with Crippen LogP contribution in [0.1, 0.15) is 48.5 Å². The van der Waals surface area contributed by atoms with E-state index in [9.17, 15) is 4.79 Å². The fraction of sp³-hybridized carbons (Fsp3) is 0.286. The van der Waals surface area contributed by atoms with Gasteiger partial charge in [-0.3, -0.25) is 10.1 Å². The largest absolute Gasteiger partial charge is 0.494 e. The zero-order valence-electron chi connectivity index (χ0n) is 19.6. The number of carbonyl (C=O) groups is 1. The second-order valence-corrected chi connectivity index (χ2v) is 8.36. The third-order valence-electron chi connectivity index (χ3n) is 5.20. The minimum atomic E-state index is -0.281. The summed E-state index contributed by atoms with van der Waals surface area (Å²) in [5.74, 6) is 1.22. The molecule has 0 fully saturated rings. The van der Waals surface area contributed by atoms with E-state index in [1.165, 1.54) is 24.8 Å². The highest BCUT2D eigenvalue weighted by molar-refractivity contribution is 7.80. The van der Waals surface area contributed by atoms with Crippen LogP contribution in [0.2, 0.25) is 0 Å². The minimum absolute atomic E-state index is 0.230. The summed E-state index contributed by atoms with van der Waals surface area (Å²) >= 11 is 5.31. The van der Waals surface area contributed by atoms with Crippen LogP contribution in [0, 0.1) is 0 Å². The number of rotatable bonds is 12. The van der Waals surface area contributed by atoms with E-state index in [4.69, 9.17) is 21.7 Å². The monoisotopic (exact) mass is 476 g/mol. The van der Waals surface area contributed by atoms with Crippen LogP contribution in [0.15, 0.2) is 78.9 Å². The number of anilines is 1. The third kappa shape index (κ3) is 8.87. The molecule has 0 unspecified atom stereocenters. The van der Waals surface area contributed by atoms with Crippen molar-refractivity contribution in [1.29, 1.82) is 0 Å². The predicted octanol–water partition coefficient (Wildman–Crippen LogP) is 6.39. The van der Waals surface area contributed by atoms with Crippen LogP contribution in [-0.4, -0.2) is 24.2 Å². The second-order valence-electron chi connectivity index (χ2n) is 7.95. The molecule has 0 heterocycles. The Morgan fingerprint density at radius 1 is 0.824 bits per heavy atom. The van der Waals surface area contributed by atoms with Gasteiger partial charge in [-0.1, -0.05) is 62.6 Å². The number of hydrogen-bond donors (Lipinski definition) is 2. The third-order valence-corrected chi connectivity index (χ3v) is 5.41. The molecule has 0 atom stereocenters. The van der Waals surface area contributed by atoms with Crippen LogP contribution in [0.4, 0.5) is 5.69 Å². The minimum Gasteiger partial charge on any atom is -0.494 e. The first-order valence-electron chi connectivity index (χ1n) is 11.8. The van der Waals surface area contributed by atoms with Crippen LogP contribution in [0.25, 0.3) is 0 Å². The van der Waals surface area contributed by atoms with Gasteiger partial charge in [0.15, 0.2) is 5.11 Å². The Morgan fingerprint density at radius 2 is 1.59 bits per heavy atom. The average molecular weight is 477 g/mol. The number of thiocarbonyl (C=S) groups is 1. The van der Waals surface area contributed by atoms with E-state index >= 15 is 0 Å². The van der Waals surface area contributed by atoms with Crippen molar-refractivity contribution in [2.75, 3.05) is 18.5 Å². The molecule has 0 aromatic heterocycles. The normalized spacial score (nSPS) is 10.4. The molecular formula is C28H32N2O3S. The molecule has 3 aromatic carbocycles. The number of amides is 1. The summed E-state index contributed by atoms with van der Waals surface area (Å²) in [6.45, 7) is 3.46. The van der Waals surface area contributed by atoms with E-state index in [1.807, 2.05) is 42.5 Å². The smallest absolute Gasteiger partial charge is 0.257 e. The summed E-state index contributed by atoms with van der Waals surface area (Å²) in [5.41, 5.74) is 2.49. The van der Waals surface area contributed by atoms with Crippen molar-refractivity contribution >= 4 is 28.9 Å². The van der Waals surface area contributed by atoms with E-state index in [0.29, 0.717) is 18.8 Å². The maximum Gasteiger partial charge on any atom is 0.257 e. The van der Waals surface area contributed by atoms with Crippen molar-refractivity contribution in [1.82, 2.24) is 5.32 Å². The summed E-state index contributed by atoms with van der Waals surface area (Å²) < 4.78 is 11.6. The number of nitrogens with one attached hydrogen (secondary N) is 2. The average Bonchev–Trinajstić information content (AvgIpc) is 2.85. The van der Waals surface area contributed by atoms with Crippen molar-refractivity contribution in [2.45, 2.75) is 39.0 Å². The van der Waals surface area contributed by atoms with Crippen molar-refractivity contribution in [2.24, 2.45) is 0 Å². The fourth-order valence-corrected chi connectivity index (χ4v) is 3.56. The Balaban J connectivity index is 1.42. The molecule has 0 aliphatic rings. The number of benzene rings is 3. The topological polar surface area (TPSA) is 59.6 Å². The Kier molecular flexibility index (Phi) is 10.4. The highest BCUT2D eigenvalue weighted by atomic mass is 32.1. The zero-order valence-corrected chi connectivity index (χ0v) is 20.4. The molecule has 6 heteroatoms. The number of carbonyl (C=O) groups excluding carboxylic acids is 1. The molecule has 0 spiro atoms. The van der Waals surface area contributed by atoms with Gasteiger partial charge < -0.3 is 14.8 Å². The molecule has 5 nitrogen and oxygen atoms in total. The van der Waals surface area contributed by atoms with Gasteiger partial charge in [-0.15, -0.1) is 0 Å². The van der Waals surface area contributed by atoms with E-state index in [2.05, 4.69) is 29.7 Å². The second kappa shape index (κ2) is 14.0. The van der Waals surface area contributed by atoms with Crippen LogP contribution in [0.5, 0.6) is 11.5 Å². The Labute approximate surface area is 207 Å². The quantitative estimate of drug-likeness (QED) is 0.234. The number of unbranched alkanes of at least 4 members (excludes halogenated alkanes) is 3. The molecule has 2 N–H and O–H groups in total. The molecule has 178 valence electrons. The molecular weight excluding hydrogens is 444 g/mol. The first-order chi connectivity index (χ1) is 16.6. The number of hydrogen-bond acceptors (Lipinski definition) is 4. The number of ether oxygens (including phenoxy) is 2. The van der Waals surface area contributed by atoms with E-state index in [0.717, 1.165) is 30.0 Å². The first-order valence-corrected chi connectivity index (χ1v) is 12.2. The Hall–Kier alpha value is -3.38. The summed E-state index contributed by atoms with van der Waals surface area (Å²) in [5, 5.41) is 5.99. The van der Waals surface area contributed by atoms with Gasteiger partial charge in [-0.25, -0.2) is 0 Å². The molecule has 0 aliphatic carbocycles. The highest BCUT2D eigenvalue weighted by Gasteiger charge is 2.09.